The second-order valence-corrected chi connectivity index (χ2v) is 5.44. The van der Waals surface area contributed by atoms with Crippen molar-refractivity contribution in [3.63, 3.8) is 0 Å². The van der Waals surface area contributed by atoms with Crippen LogP contribution in [0.5, 0.6) is 0 Å². The van der Waals surface area contributed by atoms with Crippen LogP contribution in [0.4, 0.5) is 5.69 Å². The summed E-state index contributed by atoms with van der Waals surface area (Å²) in [6.45, 7) is 2.60. The lowest BCUT2D eigenvalue weighted by Gasteiger charge is -2.06. The summed E-state index contributed by atoms with van der Waals surface area (Å²) in [5, 5.41) is 13.2. The quantitative estimate of drug-likeness (QED) is 0.902. The number of aryl methyl sites for hydroxylation is 1. The number of anilines is 1. The first kappa shape index (κ1) is 12.9. The van der Waals surface area contributed by atoms with Gasteiger partial charge in [0, 0.05) is 16.8 Å². The molecule has 0 amide bonds. The lowest BCUT2D eigenvalue weighted by atomic mass is 10.2. The van der Waals surface area contributed by atoms with Crippen LogP contribution in [0.1, 0.15) is 20.2 Å². The van der Waals surface area contributed by atoms with Gasteiger partial charge in [-0.15, -0.1) is 11.3 Å². The van der Waals surface area contributed by atoms with E-state index in [1.54, 1.807) is 23.5 Å². The maximum Gasteiger partial charge on any atom is 0.337 e. The summed E-state index contributed by atoms with van der Waals surface area (Å²) >= 11 is 7.49. The molecule has 94 valence electrons. The van der Waals surface area contributed by atoms with Gasteiger partial charge in [0.2, 0.25) is 0 Å². The van der Waals surface area contributed by atoms with E-state index in [9.17, 15) is 4.79 Å². The maximum atomic E-state index is 10.8. The van der Waals surface area contributed by atoms with Crippen LogP contribution in [-0.2, 0) is 6.54 Å². The fourth-order valence-corrected chi connectivity index (χ4v) is 2.45. The van der Waals surface area contributed by atoms with Crippen molar-refractivity contribution < 1.29 is 9.90 Å². The summed E-state index contributed by atoms with van der Waals surface area (Å²) in [6.07, 6.45) is 1.82. The molecule has 0 radical (unpaired) electrons. The number of nitrogens with one attached hydrogen (secondary N) is 1. The largest absolute Gasteiger partial charge is 0.478 e. The highest BCUT2D eigenvalue weighted by Crippen LogP contribution is 2.22. The van der Waals surface area contributed by atoms with Crippen LogP contribution in [0.15, 0.2) is 24.4 Å². The molecule has 1 aromatic heterocycles. The number of benzene rings is 1. The lowest BCUT2D eigenvalue weighted by Crippen LogP contribution is -2.01. The third-order valence-electron chi connectivity index (χ3n) is 2.31. The summed E-state index contributed by atoms with van der Waals surface area (Å²) in [4.78, 5) is 16.2. The summed E-state index contributed by atoms with van der Waals surface area (Å²) in [6, 6.07) is 4.78. The molecule has 0 saturated carbocycles. The van der Waals surface area contributed by atoms with E-state index < -0.39 is 5.97 Å². The topological polar surface area (TPSA) is 62.2 Å². The van der Waals surface area contributed by atoms with E-state index in [0.29, 0.717) is 6.54 Å². The monoisotopic (exact) mass is 282 g/mol. The number of halogens is 1. The zero-order valence-corrected chi connectivity index (χ0v) is 11.2. The summed E-state index contributed by atoms with van der Waals surface area (Å²) in [7, 11) is 0. The first-order valence-electron chi connectivity index (χ1n) is 5.24. The van der Waals surface area contributed by atoms with Gasteiger partial charge in [-0.1, -0.05) is 11.6 Å². The van der Waals surface area contributed by atoms with Crippen molar-refractivity contribution >= 4 is 34.6 Å². The highest BCUT2D eigenvalue weighted by Gasteiger charge is 2.08. The van der Waals surface area contributed by atoms with Gasteiger partial charge in [0.1, 0.15) is 5.01 Å². The smallest absolute Gasteiger partial charge is 0.337 e. The predicted octanol–water partition coefficient (Wildman–Crippen LogP) is 3.42. The van der Waals surface area contributed by atoms with Gasteiger partial charge in [0.15, 0.2) is 0 Å². The highest BCUT2D eigenvalue weighted by molar-refractivity contribution is 7.11. The summed E-state index contributed by atoms with van der Waals surface area (Å²) in [5.41, 5.74) is 0.880. The average Bonchev–Trinajstić information content (AvgIpc) is 2.72. The molecule has 0 bridgehead atoms. The number of hydrogen-bond acceptors (Lipinski definition) is 4. The number of hydrogen-bond donors (Lipinski definition) is 2. The van der Waals surface area contributed by atoms with E-state index in [-0.39, 0.29) is 10.6 Å². The third kappa shape index (κ3) is 3.00. The number of nitrogens with zero attached hydrogens (tertiary/aromatic N) is 1. The Morgan fingerprint density at radius 2 is 2.33 bits per heavy atom. The van der Waals surface area contributed by atoms with Crippen LogP contribution in [0.2, 0.25) is 5.02 Å². The normalized spacial score (nSPS) is 10.3. The zero-order valence-electron chi connectivity index (χ0n) is 9.61. The van der Waals surface area contributed by atoms with Crippen LogP contribution in [0, 0.1) is 6.92 Å². The molecule has 0 aliphatic rings. The second-order valence-electron chi connectivity index (χ2n) is 3.72. The minimum Gasteiger partial charge on any atom is -0.478 e. The van der Waals surface area contributed by atoms with Crippen LogP contribution < -0.4 is 5.32 Å². The first-order chi connectivity index (χ1) is 8.56. The Labute approximate surface area is 113 Å². The van der Waals surface area contributed by atoms with Gasteiger partial charge in [-0.2, -0.15) is 0 Å². The van der Waals surface area contributed by atoms with Crippen LogP contribution in [0.25, 0.3) is 0 Å². The highest BCUT2D eigenvalue weighted by atomic mass is 35.5. The molecule has 2 aromatic rings. The Hall–Kier alpha value is -1.59. The Morgan fingerprint density at radius 1 is 1.56 bits per heavy atom. The van der Waals surface area contributed by atoms with Crippen molar-refractivity contribution in [3.05, 3.63) is 44.9 Å². The zero-order chi connectivity index (χ0) is 13.1. The summed E-state index contributed by atoms with van der Waals surface area (Å²) in [5.74, 6) is -1.03. The fraction of sp³-hybridized carbons (Fsp3) is 0.167. The molecule has 1 aromatic carbocycles. The predicted molar refractivity (Wildman–Crippen MR) is 72.6 cm³/mol. The number of carboxylic acid groups (broad SMARTS) is 1. The molecular weight excluding hydrogens is 272 g/mol. The van der Waals surface area contributed by atoms with E-state index in [2.05, 4.69) is 10.3 Å². The molecular formula is C12H11ClN2O2S. The van der Waals surface area contributed by atoms with Gasteiger partial charge in [0.05, 0.1) is 17.1 Å². The van der Waals surface area contributed by atoms with Gasteiger partial charge >= 0.3 is 5.97 Å². The van der Waals surface area contributed by atoms with Crippen molar-refractivity contribution in [1.82, 2.24) is 4.98 Å². The molecule has 2 rings (SSSR count). The Balaban J connectivity index is 2.06. The molecule has 0 aliphatic carbocycles. The van der Waals surface area contributed by atoms with Gasteiger partial charge in [-0.05, 0) is 25.1 Å². The lowest BCUT2D eigenvalue weighted by molar-refractivity contribution is 0.0697. The Kier molecular flexibility index (Phi) is 3.84. The number of carbonyl (C=O) groups is 1. The number of aromatic carboxylic acids is 1. The SMILES string of the molecule is Cc1cnc(CNc2ccc(C(=O)O)c(Cl)c2)s1. The van der Waals surface area contributed by atoms with Crippen LogP contribution in [-0.4, -0.2) is 16.1 Å². The molecule has 0 saturated heterocycles. The van der Waals surface area contributed by atoms with Crippen LogP contribution in [0.3, 0.4) is 0 Å². The molecule has 6 heteroatoms. The van der Waals surface area contributed by atoms with Crippen molar-refractivity contribution in [2.24, 2.45) is 0 Å². The van der Waals surface area contributed by atoms with E-state index >= 15 is 0 Å². The standard InChI is InChI=1S/C12H11ClN2O2S/c1-7-5-15-11(18-7)6-14-8-2-3-9(12(16)17)10(13)4-8/h2-5,14H,6H2,1H3,(H,16,17). The molecule has 2 N–H and O–H groups in total. The van der Waals surface area contributed by atoms with E-state index in [1.807, 2.05) is 13.1 Å². The van der Waals surface area contributed by atoms with Gasteiger partial charge in [-0.25, -0.2) is 9.78 Å². The third-order valence-corrected chi connectivity index (χ3v) is 3.54. The van der Waals surface area contributed by atoms with Crippen molar-refractivity contribution in [3.8, 4) is 0 Å². The van der Waals surface area contributed by atoms with Crippen LogP contribution >= 0.6 is 22.9 Å². The number of thiazole rings is 1. The molecule has 0 aliphatic heterocycles. The number of rotatable bonds is 4. The molecule has 0 atom stereocenters. The number of aromatic nitrogens is 1. The first-order valence-corrected chi connectivity index (χ1v) is 6.44. The average molecular weight is 283 g/mol. The van der Waals surface area contributed by atoms with Gasteiger partial charge in [0.25, 0.3) is 0 Å². The molecule has 1 heterocycles. The number of carboxylic acids is 1. The van der Waals surface area contributed by atoms with Gasteiger partial charge < -0.3 is 10.4 Å². The molecule has 0 fully saturated rings. The van der Waals surface area contributed by atoms with Crippen molar-refractivity contribution in [1.29, 1.82) is 0 Å². The Morgan fingerprint density at radius 3 is 2.89 bits per heavy atom. The minimum atomic E-state index is -1.03. The summed E-state index contributed by atoms with van der Waals surface area (Å²) < 4.78 is 0. The molecule has 0 spiro atoms. The molecule has 0 unspecified atom stereocenters. The second kappa shape index (κ2) is 5.37. The minimum absolute atomic E-state index is 0.104. The maximum absolute atomic E-state index is 10.8. The van der Waals surface area contributed by atoms with E-state index in [0.717, 1.165) is 15.6 Å². The molecule has 18 heavy (non-hydrogen) atoms. The van der Waals surface area contributed by atoms with Gasteiger partial charge in [-0.3, -0.25) is 0 Å². The fourth-order valence-electron chi connectivity index (χ4n) is 1.46. The van der Waals surface area contributed by atoms with E-state index in [1.165, 1.54) is 6.07 Å². The van der Waals surface area contributed by atoms with E-state index in [4.69, 9.17) is 16.7 Å². The molecule has 4 nitrogen and oxygen atoms in total. The van der Waals surface area contributed by atoms with Crippen molar-refractivity contribution in [2.75, 3.05) is 5.32 Å². The van der Waals surface area contributed by atoms with Crippen molar-refractivity contribution in [2.45, 2.75) is 13.5 Å². The Bertz CT molecular complexity index is 583.